The molecule has 0 aliphatic heterocycles. The lowest BCUT2D eigenvalue weighted by Crippen LogP contribution is -2.32. The Balaban J connectivity index is 1.72. The van der Waals surface area contributed by atoms with E-state index in [2.05, 4.69) is 10.3 Å². The van der Waals surface area contributed by atoms with E-state index in [4.69, 9.17) is 0 Å². The molecule has 8 heteroatoms. The van der Waals surface area contributed by atoms with Gasteiger partial charge in [-0.15, -0.1) is 0 Å². The van der Waals surface area contributed by atoms with E-state index < -0.39 is 18.6 Å². The van der Waals surface area contributed by atoms with Crippen LogP contribution in [0.15, 0.2) is 12.4 Å². The Labute approximate surface area is 119 Å². The first kappa shape index (κ1) is 16.2. The van der Waals surface area contributed by atoms with Crippen LogP contribution in [-0.2, 0) is 6.54 Å². The Kier molecular flexibility index (Phi) is 5.18. The standard InChI is InChI=1S/C13H18F5N3/c14-12(15)21-6-5-20-11(21)8-19-7-9-1-3-10(4-2-9)13(16,17)18/h5-6,9-10,12,19H,1-4,7-8H2. The summed E-state index contributed by atoms with van der Waals surface area (Å²) in [7, 11) is 0. The lowest BCUT2D eigenvalue weighted by molar-refractivity contribution is -0.183. The molecular formula is C13H18F5N3. The minimum Gasteiger partial charge on any atom is -0.310 e. The molecule has 1 N–H and O–H groups in total. The molecule has 1 aliphatic rings. The summed E-state index contributed by atoms with van der Waals surface area (Å²) in [6.07, 6.45) is -0.252. The molecule has 0 spiro atoms. The predicted molar refractivity (Wildman–Crippen MR) is 66.7 cm³/mol. The minimum atomic E-state index is -4.10. The van der Waals surface area contributed by atoms with Crippen molar-refractivity contribution in [1.82, 2.24) is 14.9 Å². The van der Waals surface area contributed by atoms with Gasteiger partial charge in [0.2, 0.25) is 0 Å². The molecule has 0 amide bonds. The summed E-state index contributed by atoms with van der Waals surface area (Å²) < 4.78 is 63.5. The highest BCUT2D eigenvalue weighted by molar-refractivity contribution is 4.92. The van der Waals surface area contributed by atoms with Gasteiger partial charge in [-0.3, -0.25) is 4.57 Å². The van der Waals surface area contributed by atoms with Crippen molar-refractivity contribution in [2.24, 2.45) is 11.8 Å². The van der Waals surface area contributed by atoms with Crippen molar-refractivity contribution in [2.45, 2.75) is 45.0 Å². The Morgan fingerprint density at radius 2 is 1.90 bits per heavy atom. The Hall–Kier alpha value is -1.18. The lowest BCUT2D eigenvalue weighted by atomic mass is 9.81. The van der Waals surface area contributed by atoms with Crippen molar-refractivity contribution in [3.63, 3.8) is 0 Å². The number of rotatable bonds is 5. The van der Waals surface area contributed by atoms with Gasteiger partial charge in [-0.2, -0.15) is 22.0 Å². The average molecular weight is 311 g/mol. The van der Waals surface area contributed by atoms with Crippen molar-refractivity contribution in [2.75, 3.05) is 6.54 Å². The fourth-order valence-electron chi connectivity index (χ4n) is 2.74. The van der Waals surface area contributed by atoms with Gasteiger partial charge in [0, 0.05) is 12.4 Å². The molecule has 0 aromatic carbocycles. The van der Waals surface area contributed by atoms with E-state index in [1.807, 2.05) is 0 Å². The molecule has 2 rings (SSSR count). The van der Waals surface area contributed by atoms with Crippen molar-refractivity contribution in [3.8, 4) is 0 Å². The molecule has 3 nitrogen and oxygen atoms in total. The molecule has 120 valence electrons. The number of hydrogen-bond acceptors (Lipinski definition) is 2. The number of nitrogens with zero attached hydrogens (tertiary/aromatic N) is 2. The number of imidazole rings is 1. The molecule has 1 aromatic heterocycles. The highest BCUT2D eigenvalue weighted by Gasteiger charge is 2.41. The van der Waals surface area contributed by atoms with Gasteiger partial charge in [0.25, 0.3) is 0 Å². The first-order valence-corrected chi connectivity index (χ1v) is 6.95. The number of nitrogens with one attached hydrogen (secondary N) is 1. The molecule has 0 bridgehead atoms. The lowest BCUT2D eigenvalue weighted by Gasteiger charge is -2.29. The maximum Gasteiger partial charge on any atom is 0.391 e. The normalized spacial score (nSPS) is 23.7. The average Bonchev–Trinajstić information content (AvgIpc) is 2.87. The molecular weight excluding hydrogens is 293 g/mol. The maximum absolute atomic E-state index is 12.6. The fraction of sp³-hybridized carbons (Fsp3) is 0.769. The summed E-state index contributed by atoms with van der Waals surface area (Å²) in [4.78, 5) is 3.84. The van der Waals surface area contributed by atoms with Gasteiger partial charge in [-0.05, 0) is 38.1 Å². The summed E-state index contributed by atoms with van der Waals surface area (Å²) in [6, 6.07) is 0. The van der Waals surface area contributed by atoms with Gasteiger partial charge in [-0.1, -0.05) is 0 Å². The molecule has 1 aliphatic carbocycles. The smallest absolute Gasteiger partial charge is 0.310 e. The number of alkyl halides is 5. The van der Waals surface area contributed by atoms with E-state index in [-0.39, 0.29) is 31.1 Å². The summed E-state index contributed by atoms with van der Waals surface area (Å²) in [5.74, 6) is -0.793. The van der Waals surface area contributed by atoms with E-state index in [0.717, 1.165) is 4.57 Å². The van der Waals surface area contributed by atoms with E-state index >= 15 is 0 Å². The van der Waals surface area contributed by atoms with Crippen molar-refractivity contribution in [3.05, 3.63) is 18.2 Å². The molecule has 0 saturated heterocycles. The summed E-state index contributed by atoms with van der Waals surface area (Å²) >= 11 is 0. The summed E-state index contributed by atoms with van der Waals surface area (Å²) in [6.45, 7) is -1.91. The molecule has 21 heavy (non-hydrogen) atoms. The first-order chi connectivity index (χ1) is 9.88. The largest absolute Gasteiger partial charge is 0.391 e. The fourth-order valence-corrected chi connectivity index (χ4v) is 2.74. The molecule has 1 aromatic rings. The van der Waals surface area contributed by atoms with Crippen LogP contribution in [0.1, 0.15) is 38.1 Å². The van der Waals surface area contributed by atoms with Crippen molar-refractivity contribution < 1.29 is 22.0 Å². The summed E-state index contributed by atoms with van der Waals surface area (Å²) in [5, 5.41) is 3.01. The van der Waals surface area contributed by atoms with E-state index in [1.165, 1.54) is 12.4 Å². The van der Waals surface area contributed by atoms with Gasteiger partial charge in [-0.25, -0.2) is 4.98 Å². The Bertz CT molecular complexity index is 435. The monoisotopic (exact) mass is 311 g/mol. The third kappa shape index (κ3) is 4.39. The van der Waals surface area contributed by atoms with Crippen LogP contribution in [0, 0.1) is 11.8 Å². The van der Waals surface area contributed by atoms with E-state index in [9.17, 15) is 22.0 Å². The van der Waals surface area contributed by atoms with Crippen LogP contribution in [0.3, 0.4) is 0 Å². The first-order valence-electron chi connectivity index (χ1n) is 6.95. The van der Waals surface area contributed by atoms with Crippen LogP contribution in [0.2, 0.25) is 0 Å². The SMILES string of the molecule is FC(F)n1ccnc1CNCC1CCC(C(F)(F)F)CC1. The van der Waals surface area contributed by atoms with Crippen LogP contribution in [0.4, 0.5) is 22.0 Å². The maximum atomic E-state index is 12.6. The Morgan fingerprint density at radius 1 is 1.24 bits per heavy atom. The van der Waals surface area contributed by atoms with Gasteiger partial charge in [0.15, 0.2) is 0 Å². The zero-order valence-electron chi connectivity index (χ0n) is 11.4. The minimum absolute atomic E-state index is 0.154. The zero-order valence-corrected chi connectivity index (χ0v) is 11.4. The van der Waals surface area contributed by atoms with Crippen LogP contribution in [-0.4, -0.2) is 22.3 Å². The number of hydrogen-bond donors (Lipinski definition) is 1. The quantitative estimate of drug-likeness (QED) is 0.840. The molecule has 1 saturated carbocycles. The molecule has 0 atom stereocenters. The number of halogens is 5. The van der Waals surface area contributed by atoms with Crippen LogP contribution < -0.4 is 5.32 Å². The van der Waals surface area contributed by atoms with Gasteiger partial charge in [0.1, 0.15) is 5.82 Å². The predicted octanol–water partition coefficient (Wildman–Crippen LogP) is 3.74. The molecule has 0 unspecified atom stereocenters. The van der Waals surface area contributed by atoms with Gasteiger partial charge < -0.3 is 5.32 Å². The summed E-state index contributed by atoms with van der Waals surface area (Å²) in [5.41, 5.74) is 0. The third-order valence-corrected chi connectivity index (χ3v) is 3.98. The second-order valence-corrected chi connectivity index (χ2v) is 5.42. The van der Waals surface area contributed by atoms with Gasteiger partial charge >= 0.3 is 12.7 Å². The van der Waals surface area contributed by atoms with Crippen LogP contribution in [0.5, 0.6) is 0 Å². The molecule has 1 heterocycles. The van der Waals surface area contributed by atoms with E-state index in [1.54, 1.807) is 0 Å². The highest BCUT2D eigenvalue weighted by atomic mass is 19.4. The van der Waals surface area contributed by atoms with Crippen molar-refractivity contribution >= 4 is 0 Å². The second kappa shape index (κ2) is 6.72. The Morgan fingerprint density at radius 3 is 2.48 bits per heavy atom. The van der Waals surface area contributed by atoms with Crippen molar-refractivity contribution in [1.29, 1.82) is 0 Å². The third-order valence-electron chi connectivity index (χ3n) is 3.98. The zero-order chi connectivity index (χ0) is 15.5. The van der Waals surface area contributed by atoms with Crippen LogP contribution >= 0.6 is 0 Å². The van der Waals surface area contributed by atoms with Gasteiger partial charge in [0.05, 0.1) is 12.5 Å². The topological polar surface area (TPSA) is 29.9 Å². The molecule has 0 radical (unpaired) electrons. The molecule has 1 fully saturated rings. The number of aromatic nitrogens is 2. The second-order valence-electron chi connectivity index (χ2n) is 5.42. The van der Waals surface area contributed by atoms with E-state index in [0.29, 0.717) is 19.4 Å². The van der Waals surface area contributed by atoms with Crippen LogP contribution in [0.25, 0.3) is 0 Å². The highest BCUT2D eigenvalue weighted by Crippen LogP contribution is 2.39.